The number of Topliss-reactive ketones (excluding diaryl/α,β-unsaturated/α-hetero) is 1. The SMILES string of the molecule is CC(C)c1nnsc1C(=O)C1CCOCC1. The lowest BCUT2D eigenvalue weighted by molar-refractivity contribution is 0.0546. The van der Waals surface area contributed by atoms with Gasteiger partial charge >= 0.3 is 0 Å². The van der Waals surface area contributed by atoms with E-state index >= 15 is 0 Å². The molecule has 1 aromatic rings. The van der Waals surface area contributed by atoms with Gasteiger partial charge in [0.1, 0.15) is 4.88 Å². The predicted molar refractivity (Wildman–Crippen MR) is 61.9 cm³/mol. The highest BCUT2D eigenvalue weighted by atomic mass is 32.1. The van der Waals surface area contributed by atoms with Crippen LogP contribution in [-0.4, -0.2) is 28.6 Å². The van der Waals surface area contributed by atoms with Crippen molar-refractivity contribution in [2.24, 2.45) is 5.92 Å². The van der Waals surface area contributed by atoms with Crippen molar-refractivity contribution in [3.05, 3.63) is 10.6 Å². The third-order valence-corrected chi connectivity index (χ3v) is 3.63. The Balaban J connectivity index is 2.16. The van der Waals surface area contributed by atoms with Gasteiger partial charge in [-0.15, -0.1) is 5.10 Å². The summed E-state index contributed by atoms with van der Waals surface area (Å²) in [6.07, 6.45) is 1.66. The van der Waals surface area contributed by atoms with Crippen LogP contribution >= 0.6 is 11.5 Å². The summed E-state index contributed by atoms with van der Waals surface area (Å²) in [5.41, 5.74) is 0.849. The fraction of sp³-hybridized carbons (Fsp3) is 0.727. The summed E-state index contributed by atoms with van der Waals surface area (Å²) in [7, 11) is 0. The minimum absolute atomic E-state index is 0.105. The summed E-state index contributed by atoms with van der Waals surface area (Å²) in [6, 6.07) is 0. The molecule has 0 radical (unpaired) electrons. The highest BCUT2D eigenvalue weighted by Crippen LogP contribution is 2.26. The van der Waals surface area contributed by atoms with Crippen molar-refractivity contribution < 1.29 is 9.53 Å². The van der Waals surface area contributed by atoms with Crippen molar-refractivity contribution in [1.82, 2.24) is 9.59 Å². The van der Waals surface area contributed by atoms with E-state index in [9.17, 15) is 4.79 Å². The van der Waals surface area contributed by atoms with Crippen molar-refractivity contribution in [2.45, 2.75) is 32.6 Å². The number of carbonyl (C=O) groups is 1. The number of ketones is 1. The molecular weight excluding hydrogens is 224 g/mol. The quantitative estimate of drug-likeness (QED) is 0.760. The number of hydrogen-bond acceptors (Lipinski definition) is 5. The van der Waals surface area contributed by atoms with Gasteiger partial charge in [-0.05, 0) is 30.3 Å². The molecule has 0 aromatic carbocycles. The third-order valence-electron chi connectivity index (χ3n) is 2.88. The molecule has 1 saturated heterocycles. The van der Waals surface area contributed by atoms with Gasteiger partial charge in [-0.3, -0.25) is 4.79 Å². The van der Waals surface area contributed by atoms with E-state index in [1.807, 2.05) is 13.8 Å². The number of aromatic nitrogens is 2. The van der Waals surface area contributed by atoms with E-state index in [1.54, 1.807) is 0 Å². The van der Waals surface area contributed by atoms with Crippen molar-refractivity contribution in [1.29, 1.82) is 0 Å². The Hall–Kier alpha value is -0.810. The molecule has 0 bridgehead atoms. The molecule has 0 spiro atoms. The van der Waals surface area contributed by atoms with Crippen LogP contribution < -0.4 is 0 Å². The highest BCUT2D eigenvalue weighted by molar-refractivity contribution is 7.08. The van der Waals surface area contributed by atoms with Gasteiger partial charge in [0.2, 0.25) is 0 Å². The summed E-state index contributed by atoms with van der Waals surface area (Å²) in [4.78, 5) is 13.0. The zero-order chi connectivity index (χ0) is 11.5. The summed E-state index contributed by atoms with van der Waals surface area (Å²) >= 11 is 1.23. The normalized spacial score (nSPS) is 17.9. The van der Waals surface area contributed by atoms with E-state index in [0.717, 1.165) is 23.4 Å². The first-order chi connectivity index (χ1) is 7.70. The smallest absolute Gasteiger partial charge is 0.179 e. The standard InChI is InChI=1S/C11H16N2O2S/c1-7(2)9-11(16-13-12-9)10(14)8-3-5-15-6-4-8/h7-8H,3-6H2,1-2H3. The molecule has 4 nitrogen and oxygen atoms in total. The maximum atomic E-state index is 12.3. The Labute approximate surface area is 99.2 Å². The topological polar surface area (TPSA) is 52.1 Å². The molecule has 1 aliphatic heterocycles. The molecule has 0 saturated carbocycles. The Bertz CT molecular complexity index is 370. The summed E-state index contributed by atoms with van der Waals surface area (Å²) in [5, 5.41) is 4.05. The van der Waals surface area contributed by atoms with Crippen LogP contribution in [-0.2, 0) is 4.74 Å². The van der Waals surface area contributed by atoms with Crippen LogP contribution in [0.2, 0.25) is 0 Å². The molecule has 2 rings (SSSR count). The van der Waals surface area contributed by atoms with Crippen LogP contribution in [0.1, 0.15) is 48.0 Å². The molecule has 0 N–H and O–H groups in total. The fourth-order valence-electron chi connectivity index (χ4n) is 1.89. The largest absolute Gasteiger partial charge is 0.381 e. The van der Waals surface area contributed by atoms with Crippen molar-refractivity contribution in [3.8, 4) is 0 Å². The first-order valence-electron chi connectivity index (χ1n) is 5.64. The lowest BCUT2D eigenvalue weighted by atomic mass is 9.92. The number of ether oxygens (including phenoxy) is 1. The average molecular weight is 240 g/mol. The van der Waals surface area contributed by atoms with Gasteiger partial charge in [0.05, 0.1) is 5.69 Å². The van der Waals surface area contributed by atoms with E-state index in [-0.39, 0.29) is 17.6 Å². The lowest BCUT2D eigenvalue weighted by Crippen LogP contribution is -2.23. The van der Waals surface area contributed by atoms with Crippen molar-refractivity contribution >= 4 is 17.3 Å². The van der Waals surface area contributed by atoms with E-state index in [4.69, 9.17) is 4.74 Å². The molecule has 1 fully saturated rings. The molecule has 16 heavy (non-hydrogen) atoms. The Kier molecular flexibility index (Phi) is 3.66. The number of carbonyl (C=O) groups excluding carboxylic acids is 1. The molecular formula is C11H16N2O2S. The molecule has 0 atom stereocenters. The van der Waals surface area contributed by atoms with Crippen LogP contribution in [0, 0.1) is 5.92 Å². The molecule has 0 amide bonds. The van der Waals surface area contributed by atoms with Gasteiger partial charge in [0.25, 0.3) is 0 Å². The van der Waals surface area contributed by atoms with Gasteiger partial charge in [0, 0.05) is 19.1 Å². The van der Waals surface area contributed by atoms with E-state index in [0.29, 0.717) is 13.2 Å². The fourth-order valence-corrected chi connectivity index (χ4v) is 2.73. The molecule has 0 unspecified atom stereocenters. The van der Waals surface area contributed by atoms with Crippen LogP contribution in [0.4, 0.5) is 0 Å². The van der Waals surface area contributed by atoms with Crippen LogP contribution in [0.5, 0.6) is 0 Å². The highest BCUT2D eigenvalue weighted by Gasteiger charge is 2.27. The van der Waals surface area contributed by atoms with E-state index < -0.39 is 0 Å². The second-order valence-electron chi connectivity index (χ2n) is 4.39. The predicted octanol–water partition coefficient (Wildman–Crippen LogP) is 2.27. The van der Waals surface area contributed by atoms with E-state index in [1.165, 1.54) is 11.5 Å². The van der Waals surface area contributed by atoms with Crippen LogP contribution in [0.25, 0.3) is 0 Å². The Morgan fingerprint density at radius 2 is 2.12 bits per heavy atom. The van der Waals surface area contributed by atoms with Gasteiger partial charge in [0.15, 0.2) is 5.78 Å². The van der Waals surface area contributed by atoms with Crippen LogP contribution in [0.15, 0.2) is 0 Å². The lowest BCUT2D eigenvalue weighted by Gasteiger charge is -2.20. The molecule has 88 valence electrons. The van der Waals surface area contributed by atoms with Crippen molar-refractivity contribution in [3.63, 3.8) is 0 Å². The second kappa shape index (κ2) is 5.01. The average Bonchev–Trinajstić information content (AvgIpc) is 2.78. The maximum Gasteiger partial charge on any atom is 0.179 e. The van der Waals surface area contributed by atoms with Gasteiger partial charge in [-0.25, -0.2) is 0 Å². The second-order valence-corrected chi connectivity index (χ2v) is 5.15. The first kappa shape index (κ1) is 11.7. The zero-order valence-corrected chi connectivity index (χ0v) is 10.4. The maximum absolute atomic E-state index is 12.3. The zero-order valence-electron chi connectivity index (χ0n) is 9.60. The minimum atomic E-state index is 0.105. The van der Waals surface area contributed by atoms with Gasteiger partial charge in [-0.1, -0.05) is 18.3 Å². The molecule has 5 heteroatoms. The number of rotatable bonds is 3. The number of hydrogen-bond donors (Lipinski definition) is 0. The Morgan fingerprint density at radius 1 is 1.44 bits per heavy atom. The molecule has 0 aliphatic carbocycles. The molecule has 1 aliphatic rings. The first-order valence-corrected chi connectivity index (χ1v) is 6.41. The number of nitrogens with zero attached hydrogens (tertiary/aromatic N) is 2. The van der Waals surface area contributed by atoms with Crippen molar-refractivity contribution in [2.75, 3.05) is 13.2 Å². The van der Waals surface area contributed by atoms with Crippen LogP contribution in [0.3, 0.4) is 0 Å². The van der Waals surface area contributed by atoms with Gasteiger partial charge < -0.3 is 4.74 Å². The minimum Gasteiger partial charge on any atom is -0.381 e. The Morgan fingerprint density at radius 3 is 2.75 bits per heavy atom. The molecule has 1 aromatic heterocycles. The summed E-state index contributed by atoms with van der Waals surface area (Å²) < 4.78 is 9.16. The third kappa shape index (κ3) is 2.30. The summed E-state index contributed by atoms with van der Waals surface area (Å²) in [5.74, 6) is 0.577. The van der Waals surface area contributed by atoms with E-state index in [2.05, 4.69) is 9.59 Å². The summed E-state index contributed by atoms with van der Waals surface area (Å²) in [6.45, 7) is 5.47. The monoisotopic (exact) mass is 240 g/mol. The molecule has 2 heterocycles. The van der Waals surface area contributed by atoms with Gasteiger partial charge in [-0.2, -0.15) is 0 Å².